The van der Waals surface area contributed by atoms with Gasteiger partial charge in [0.15, 0.2) is 0 Å². The zero-order valence-electron chi connectivity index (χ0n) is 16.9. The van der Waals surface area contributed by atoms with Gasteiger partial charge in [-0.3, -0.25) is 4.79 Å². The number of amides is 1. The number of nitrogens with one attached hydrogen (secondary N) is 1. The summed E-state index contributed by atoms with van der Waals surface area (Å²) in [5.74, 6) is 1.65. The monoisotopic (exact) mass is 408 g/mol. The maximum Gasteiger partial charge on any atom is 0.251 e. The number of imidazole rings is 1. The molecule has 1 saturated heterocycles. The van der Waals surface area contributed by atoms with Gasteiger partial charge in [0.2, 0.25) is 0 Å². The first kappa shape index (κ1) is 20.0. The molecule has 1 aliphatic rings. The van der Waals surface area contributed by atoms with Gasteiger partial charge >= 0.3 is 0 Å². The van der Waals surface area contributed by atoms with Gasteiger partial charge in [-0.15, -0.1) is 11.8 Å². The van der Waals surface area contributed by atoms with E-state index in [1.165, 1.54) is 12.8 Å². The second-order valence-electron chi connectivity index (χ2n) is 7.79. The SMILES string of the molecule is CC1CCN(CCNC(=O)c2ccc(SCc3cn4ccccc4n3)cc2)CC1. The highest BCUT2D eigenvalue weighted by Crippen LogP contribution is 2.23. The number of rotatable bonds is 7. The Bertz CT molecular complexity index is 912. The van der Waals surface area contributed by atoms with E-state index in [1.807, 2.05) is 53.1 Å². The molecular weight excluding hydrogens is 380 g/mol. The summed E-state index contributed by atoms with van der Waals surface area (Å²) in [5.41, 5.74) is 2.73. The number of hydrogen-bond donors (Lipinski definition) is 1. The standard InChI is InChI=1S/C23H28N4OS/c1-18-9-13-26(14-10-18)15-11-24-23(28)19-5-7-21(8-6-19)29-17-20-16-27-12-3-2-4-22(27)25-20/h2-8,12,16,18H,9-11,13-15,17H2,1H3,(H,24,28). The first-order chi connectivity index (χ1) is 14.2. The normalized spacial score (nSPS) is 15.6. The van der Waals surface area contributed by atoms with Crippen molar-refractivity contribution in [1.82, 2.24) is 19.6 Å². The predicted octanol–water partition coefficient (Wildman–Crippen LogP) is 4.09. The lowest BCUT2D eigenvalue weighted by molar-refractivity contribution is 0.0944. The molecule has 2 aromatic heterocycles. The molecule has 0 aliphatic carbocycles. The molecule has 0 unspecified atom stereocenters. The smallest absolute Gasteiger partial charge is 0.251 e. The molecule has 0 radical (unpaired) electrons. The lowest BCUT2D eigenvalue weighted by Gasteiger charge is -2.30. The Kier molecular flexibility index (Phi) is 6.52. The number of piperidine rings is 1. The third-order valence-electron chi connectivity index (χ3n) is 5.51. The van der Waals surface area contributed by atoms with Gasteiger partial charge in [-0.05, 0) is 68.2 Å². The third kappa shape index (κ3) is 5.40. The van der Waals surface area contributed by atoms with Crippen LogP contribution < -0.4 is 5.32 Å². The average molecular weight is 409 g/mol. The van der Waals surface area contributed by atoms with Crippen LogP contribution in [0.1, 0.15) is 35.8 Å². The minimum atomic E-state index is 0.00674. The summed E-state index contributed by atoms with van der Waals surface area (Å²) in [6.45, 7) is 6.26. The maximum absolute atomic E-state index is 12.4. The molecule has 0 bridgehead atoms. The van der Waals surface area contributed by atoms with E-state index in [1.54, 1.807) is 11.8 Å². The quantitative estimate of drug-likeness (QED) is 0.598. The number of carbonyl (C=O) groups excluding carboxylic acids is 1. The van der Waals surface area contributed by atoms with Crippen molar-refractivity contribution in [1.29, 1.82) is 0 Å². The van der Waals surface area contributed by atoms with Crippen molar-refractivity contribution in [2.45, 2.75) is 30.4 Å². The van der Waals surface area contributed by atoms with Crippen LogP contribution in [0.15, 0.2) is 59.8 Å². The molecule has 1 aromatic carbocycles. The van der Waals surface area contributed by atoms with Gasteiger partial charge in [-0.1, -0.05) is 13.0 Å². The minimum absolute atomic E-state index is 0.00674. The second kappa shape index (κ2) is 9.46. The van der Waals surface area contributed by atoms with E-state index < -0.39 is 0 Å². The number of pyridine rings is 1. The topological polar surface area (TPSA) is 49.6 Å². The highest BCUT2D eigenvalue weighted by atomic mass is 32.2. The number of nitrogens with zero attached hydrogens (tertiary/aromatic N) is 3. The van der Waals surface area contributed by atoms with Crippen molar-refractivity contribution < 1.29 is 4.79 Å². The Morgan fingerprint density at radius 3 is 2.72 bits per heavy atom. The van der Waals surface area contributed by atoms with Gasteiger partial charge in [-0.25, -0.2) is 4.98 Å². The Balaban J connectivity index is 1.23. The van der Waals surface area contributed by atoms with E-state index in [0.29, 0.717) is 12.1 Å². The van der Waals surface area contributed by atoms with E-state index in [0.717, 1.165) is 47.5 Å². The van der Waals surface area contributed by atoms with Gasteiger partial charge in [-0.2, -0.15) is 0 Å². The van der Waals surface area contributed by atoms with Crippen LogP contribution in [0.2, 0.25) is 0 Å². The first-order valence-corrected chi connectivity index (χ1v) is 11.3. The van der Waals surface area contributed by atoms with E-state index >= 15 is 0 Å². The average Bonchev–Trinajstić information content (AvgIpc) is 3.17. The van der Waals surface area contributed by atoms with Crippen LogP contribution in [0.25, 0.3) is 5.65 Å². The Hall–Kier alpha value is -2.31. The number of fused-ring (bicyclic) bond motifs is 1. The van der Waals surface area contributed by atoms with Crippen molar-refractivity contribution >= 4 is 23.3 Å². The zero-order valence-corrected chi connectivity index (χ0v) is 17.7. The minimum Gasteiger partial charge on any atom is -0.351 e. The van der Waals surface area contributed by atoms with E-state index in [4.69, 9.17) is 0 Å². The predicted molar refractivity (Wildman–Crippen MR) is 118 cm³/mol. The van der Waals surface area contributed by atoms with E-state index in [2.05, 4.69) is 28.3 Å². The van der Waals surface area contributed by atoms with Crippen LogP contribution >= 0.6 is 11.8 Å². The lowest BCUT2D eigenvalue weighted by Crippen LogP contribution is -2.39. The molecule has 4 rings (SSSR count). The fraction of sp³-hybridized carbons (Fsp3) is 0.391. The van der Waals surface area contributed by atoms with Crippen molar-refractivity contribution in [3.63, 3.8) is 0 Å². The number of hydrogen-bond acceptors (Lipinski definition) is 4. The van der Waals surface area contributed by atoms with Crippen LogP contribution in [-0.2, 0) is 5.75 Å². The fourth-order valence-electron chi connectivity index (χ4n) is 3.63. The summed E-state index contributed by atoms with van der Waals surface area (Å²) >= 11 is 1.73. The van der Waals surface area contributed by atoms with Gasteiger partial charge in [0.25, 0.3) is 5.91 Å². The van der Waals surface area contributed by atoms with Gasteiger partial charge in [0, 0.05) is 41.7 Å². The highest BCUT2D eigenvalue weighted by Gasteiger charge is 2.15. The van der Waals surface area contributed by atoms with E-state index in [9.17, 15) is 4.79 Å². The van der Waals surface area contributed by atoms with Gasteiger partial charge in [0.05, 0.1) is 5.69 Å². The number of thioether (sulfide) groups is 1. The van der Waals surface area contributed by atoms with Gasteiger partial charge in [0.1, 0.15) is 5.65 Å². The summed E-state index contributed by atoms with van der Waals surface area (Å²) in [6, 6.07) is 13.8. The summed E-state index contributed by atoms with van der Waals surface area (Å²) in [6.07, 6.45) is 6.60. The van der Waals surface area contributed by atoms with Crippen LogP contribution in [0.3, 0.4) is 0 Å². The number of carbonyl (C=O) groups is 1. The molecule has 152 valence electrons. The van der Waals surface area contributed by atoms with Crippen molar-refractivity contribution in [3.8, 4) is 0 Å². The number of likely N-dealkylation sites (tertiary alicyclic amines) is 1. The van der Waals surface area contributed by atoms with Crippen molar-refractivity contribution in [2.75, 3.05) is 26.2 Å². The van der Waals surface area contributed by atoms with Crippen LogP contribution in [0, 0.1) is 5.92 Å². The summed E-state index contributed by atoms with van der Waals surface area (Å²) in [7, 11) is 0. The fourth-order valence-corrected chi connectivity index (χ4v) is 4.41. The molecule has 29 heavy (non-hydrogen) atoms. The molecule has 3 aromatic rings. The molecule has 0 spiro atoms. The Morgan fingerprint density at radius 1 is 1.17 bits per heavy atom. The molecule has 1 fully saturated rings. The second-order valence-corrected chi connectivity index (χ2v) is 8.84. The molecule has 3 heterocycles. The molecular formula is C23H28N4OS. The molecule has 1 N–H and O–H groups in total. The zero-order chi connectivity index (χ0) is 20.1. The Labute approximate surface area is 176 Å². The molecule has 5 nitrogen and oxygen atoms in total. The maximum atomic E-state index is 12.4. The molecule has 0 atom stereocenters. The van der Waals surface area contributed by atoms with Crippen molar-refractivity contribution in [3.05, 3.63) is 66.1 Å². The summed E-state index contributed by atoms with van der Waals surface area (Å²) < 4.78 is 2.04. The number of aromatic nitrogens is 2. The van der Waals surface area contributed by atoms with Crippen LogP contribution in [0.5, 0.6) is 0 Å². The molecule has 0 saturated carbocycles. The molecule has 6 heteroatoms. The highest BCUT2D eigenvalue weighted by molar-refractivity contribution is 7.98. The lowest BCUT2D eigenvalue weighted by atomic mass is 9.99. The first-order valence-electron chi connectivity index (χ1n) is 10.3. The van der Waals surface area contributed by atoms with Crippen molar-refractivity contribution in [2.24, 2.45) is 5.92 Å². The largest absolute Gasteiger partial charge is 0.351 e. The summed E-state index contributed by atoms with van der Waals surface area (Å²) in [5, 5.41) is 3.05. The van der Waals surface area contributed by atoms with Crippen LogP contribution in [0.4, 0.5) is 0 Å². The molecule has 1 amide bonds. The number of benzene rings is 1. The van der Waals surface area contributed by atoms with E-state index in [-0.39, 0.29) is 5.91 Å². The van der Waals surface area contributed by atoms with Gasteiger partial charge < -0.3 is 14.6 Å². The van der Waals surface area contributed by atoms with Crippen LogP contribution in [-0.4, -0.2) is 46.4 Å². The summed E-state index contributed by atoms with van der Waals surface area (Å²) in [4.78, 5) is 20.6. The Morgan fingerprint density at radius 2 is 1.97 bits per heavy atom. The third-order valence-corrected chi connectivity index (χ3v) is 6.55. The molecule has 1 aliphatic heterocycles.